The van der Waals surface area contributed by atoms with Crippen LogP contribution in [0.4, 0.5) is 5.00 Å². The van der Waals surface area contributed by atoms with Crippen molar-refractivity contribution in [3.8, 4) is 0 Å². The molecule has 1 saturated heterocycles. The van der Waals surface area contributed by atoms with Gasteiger partial charge in [-0.2, -0.15) is 0 Å². The second-order valence-corrected chi connectivity index (χ2v) is 5.68. The van der Waals surface area contributed by atoms with Crippen molar-refractivity contribution in [1.29, 1.82) is 0 Å². The van der Waals surface area contributed by atoms with Crippen molar-refractivity contribution in [2.45, 2.75) is 45.9 Å². The van der Waals surface area contributed by atoms with E-state index >= 15 is 0 Å². The molecule has 0 aromatic carbocycles. The topological polar surface area (TPSA) is 50.3 Å². The largest absolute Gasteiger partial charge is 0.374 e. The van der Waals surface area contributed by atoms with Crippen molar-refractivity contribution in [1.82, 2.24) is 14.5 Å². The summed E-state index contributed by atoms with van der Waals surface area (Å²) >= 11 is 1.45. The van der Waals surface area contributed by atoms with Crippen LogP contribution in [0.25, 0.3) is 0 Å². The SMILES string of the molecule is CCCNc1snnc1CN1CC(C)OC(C)C1. The lowest BCUT2D eigenvalue weighted by Crippen LogP contribution is -2.44. The lowest BCUT2D eigenvalue weighted by atomic mass is 10.2. The van der Waals surface area contributed by atoms with E-state index in [2.05, 4.69) is 40.6 Å². The van der Waals surface area contributed by atoms with Crippen LogP contribution in [0, 0.1) is 0 Å². The third-order valence-electron chi connectivity index (χ3n) is 2.96. The minimum atomic E-state index is 0.299. The zero-order valence-electron chi connectivity index (χ0n) is 11.3. The fourth-order valence-electron chi connectivity index (χ4n) is 2.31. The van der Waals surface area contributed by atoms with E-state index in [0.29, 0.717) is 12.2 Å². The molecule has 5 nitrogen and oxygen atoms in total. The summed E-state index contributed by atoms with van der Waals surface area (Å²) in [6, 6.07) is 0. The van der Waals surface area contributed by atoms with E-state index in [1.165, 1.54) is 11.5 Å². The number of aromatic nitrogens is 2. The normalized spacial score (nSPS) is 25.3. The van der Waals surface area contributed by atoms with Crippen molar-refractivity contribution in [2.75, 3.05) is 25.0 Å². The first-order valence-electron chi connectivity index (χ1n) is 6.62. The van der Waals surface area contributed by atoms with E-state index in [-0.39, 0.29) is 0 Å². The fourth-order valence-corrected chi connectivity index (χ4v) is 2.91. The molecule has 2 atom stereocenters. The molecule has 0 amide bonds. The van der Waals surface area contributed by atoms with Gasteiger partial charge in [-0.3, -0.25) is 4.90 Å². The number of anilines is 1. The molecule has 2 rings (SSSR count). The standard InChI is InChI=1S/C12H22N4OS/c1-4-5-13-12-11(14-15-18-12)8-16-6-9(2)17-10(3)7-16/h9-10,13H,4-8H2,1-3H3. The first-order chi connectivity index (χ1) is 8.69. The number of nitrogens with zero attached hydrogens (tertiary/aromatic N) is 3. The first kappa shape index (κ1) is 13.7. The Labute approximate surface area is 113 Å². The third-order valence-corrected chi connectivity index (χ3v) is 3.69. The monoisotopic (exact) mass is 270 g/mol. The maximum atomic E-state index is 5.74. The van der Waals surface area contributed by atoms with Crippen LogP contribution in [0.1, 0.15) is 32.9 Å². The minimum Gasteiger partial charge on any atom is -0.374 e. The second kappa shape index (κ2) is 6.45. The van der Waals surface area contributed by atoms with Crippen molar-refractivity contribution in [3.63, 3.8) is 0 Å². The Hall–Kier alpha value is -0.720. The second-order valence-electron chi connectivity index (χ2n) is 4.93. The van der Waals surface area contributed by atoms with E-state index in [0.717, 1.165) is 43.3 Å². The lowest BCUT2D eigenvalue weighted by molar-refractivity contribution is -0.0707. The summed E-state index contributed by atoms with van der Waals surface area (Å²) in [6.07, 6.45) is 1.71. The van der Waals surface area contributed by atoms with E-state index in [1.807, 2.05) is 0 Å². The Balaban J connectivity index is 1.94. The van der Waals surface area contributed by atoms with Crippen LogP contribution in [-0.4, -0.2) is 46.3 Å². The molecule has 1 N–H and O–H groups in total. The molecule has 18 heavy (non-hydrogen) atoms. The third kappa shape index (κ3) is 3.63. The highest BCUT2D eigenvalue weighted by molar-refractivity contribution is 7.10. The summed E-state index contributed by atoms with van der Waals surface area (Å²) in [6.45, 7) is 10.2. The number of hydrogen-bond acceptors (Lipinski definition) is 6. The zero-order valence-corrected chi connectivity index (χ0v) is 12.2. The first-order valence-corrected chi connectivity index (χ1v) is 7.39. The predicted octanol–water partition coefficient (Wildman–Crippen LogP) is 1.97. The molecule has 6 heteroatoms. The van der Waals surface area contributed by atoms with Crippen LogP contribution in [0.15, 0.2) is 0 Å². The van der Waals surface area contributed by atoms with E-state index in [9.17, 15) is 0 Å². The molecule has 1 fully saturated rings. The molecule has 2 heterocycles. The number of rotatable bonds is 5. The lowest BCUT2D eigenvalue weighted by Gasteiger charge is -2.34. The maximum absolute atomic E-state index is 5.74. The summed E-state index contributed by atoms with van der Waals surface area (Å²) in [5.41, 5.74) is 1.06. The Morgan fingerprint density at radius 1 is 1.39 bits per heavy atom. The van der Waals surface area contributed by atoms with Crippen LogP contribution in [-0.2, 0) is 11.3 Å². The van der Waals surface area contributed by atoms with E-state index in [1.54, 1.807) is 0 Å². The molecule has 102 valence electrons. The average Bonchev–Trinajstić information content (AvgIpc) is 2.72. The van der Waals surface area contributed by atoms with Crippen LogP contribution in [0.5, 0.6) is 0 Å². The van der Waals surface area contributed by atoms with Crippen molar-refractivity contribution >= 4 is 16.5 Å². The van der Waals surface area contributed by atoms with Crippen molar-refractivity contribution in [2.24, 2.45) is 0 Å². The molecule has 1 aromatic heterocycles. The molecule has 0 aliphatic carbocycles. The summed E-state index contributed by atoms with van der Waals surface area (Å²) in [5.74, 6) is 0. The number of ether oxygens (including phenoxy) is 1. The highest BCUT2D eigenvalue weighted by atomic mass is 32.1. The Morgan fingerprint density at radius 3 is 2.78 bits per heavy atom. The smallest absolute Gasteiger partial charge is 0.134 e. The Kier molecular flexibility index (Phi) is 4.91. The molecule has 1 aliphatic heterocycles. The van der Waals surface area contributed by atoms with Crippen molar-refractivity contribution in [3.05, 3.63) is 5.69 Å². The van der Waals surface area contributed by atoms with Crippen LogP contribution < -0.4 is 5.32 Å². The average molecular weight is 270 g/mol. The fraction of sp³-hybridized carbons (Fsp3) is 0.833. The predicted molar refractivity (Wildman–Crippen MR) is 74.0 cm³/mol. The summed E-state index contributed by atoms with van der Waals surface area (Å²) in [7, 11) is 0. The number of nitrogens with one attached hydrogen (secondary N) is 1. The minimum absolute atomic E-state index is 0.299. The van der Waals surface area contributed by atoms with Gasteiger partial charge in [-0.1, -0.05) is 11.4 Å². The number of morpholine rings is 1. The Bertz CT molecular complexity index is 361. The van der Waals surface area contributed by atoms with Gasteiger partial charge in [0.1, 0.15) is 10.7 Å². The molecular weight excluding hydrogens is 248 g/mol. The van der Waals surface area contributed by atoms with Gasteiger partial charge in [-0.05, 0) is 20.3 Å². The van der Waals surface area contributed by atoms with Gasteiger partial charge in [0.05, 0.1) is 12.2 Å². The van der Waals surface area contributed by atoms with Crippen LogP contribution in [0.2, 0.25) is 0 Å². The van der Waals surface area contributed by atoms with Gasteiger partial charge in [0.2, 0.25) is 0 Å². The maximum Gasteiger partial charge on any atom is 0.134 e. The molecule has 0 saturated carbocycles. The molecule has 2 unspecified atom stereocenters. The van der Waals surface area contributed by atoms with Gasteiger partial charge in [0, 0.05) is 37.7 Å². The van der Waals surface area contributed by atoms with Crippen molar-refractivity contribution < 1.29 is 4.74 Å². The van der Waals surface area contributed by atoms with Gasteiger partial charge < -0.3 is 10.1 Å². The molecule has 0 bridgehead atoms. The van der Waals surface area contributed by atoms with E-state index in [4.69, 9.17) is 4.74 Å². The molecular formula is C12H22N4OS. The molecule has 0 radical (unpaired) electrons. The Morgan fingerprint density at radius 2 is 2.11 bits per heavy atom. The highest BCUT2D eigenvalue weighted by Crippen LogP contribution is 2.21. The number of hydrogen-bond donors (Lipinski definition) is 1. The summed E-state index contributed by atoms with van der Waals surface area (Å²) < 4.78 is 9.79. The van der Waals surface area contributed by atoms with Crippen LogP contribution in [0.3, 0.4) is 0 Å². The quantitative estimate of drug-likeness (QED) is 0.886. The molecule has 1 aliphatic rings. The zero-order chi connectivity index (χ0) is 13.0. The highest BCUT2D eigenvalue weighted by Gasteiger charge is 2.23. The van der Waals surface area contributed by atoms with Gasteiger partial charge in [-0.15, -0.1) is 5.10 Å². The summed E-state index contributed by atoms with van der Waals surface area (Å²) in [5, 5.41) is 8.74. The van der Waals surface area contributed by atoms with Gasteiger partial charge in [-0.25, -0.2) is 0 Å². The molecule has 0 spiro atoms. The van der Waals surface area contributed by atoms with Gasteiger partial charge in [0.15, 0.2) is 0 Å². The van der Waals surface area contributed by atoms with Gasteiger partial charge in [0.25, 0.3) is 0 Å². The van der Waals surface area contributed by atoms with Gasteiger partial charge >= 0.3 is 0 Å². The summed E-state index contributed by atoms with van der Waals surface area (Å²) in [4.78, 5) is 2.40. The van der Waals surface area contributed by atoms with Crippen LogP contribution >= 0.6 is 11.5 Å². The van der Waals surface area contributed by atoms with E-state index < -0.39 is 0 Å². The molecule has 1 aromatic rings.